The average Bonchev–Trinajstić information content (AvgIpc) is 3.57. The van der Waals surface area contributed by atoms with Crippen LogP contribution in [0.5, 0.6) is 5.75 Å². The summed E-state index contributed by atoms with van der Waals surface area (Å²) in [6.07, 6.45) is 4.24. The summed E-state index contributed by atoms with van der Waals surface area (Å²) in [5.41, 5.74) is 1.81. The average molecular weight is 491 g/mol. The third kappa shape index (κ3) is 5.98. The minimum absolute atomic E-state index is 0.0568. The standard InChI is InChI=1S/C28H30N2O4S/c1-19(31)20-9-13-23(14-10-20)30(26(32)18-25-8-5-17-35-25)27(21-11-15-24(34-2)16-12-21)28(33)29-22-6-3-4-7-22/h5,8-17,22,27H,3-4,6-7,18H2,1-2H3,(H,29,33)/t27-/m0/s1. The number of benzene rings is 2. The normalized spacial score (nSPS) is 14.3. The van der Waals surface area contributed by atoms with Crippen LogP contribution in [0.15, 0.2) is 66.0 Å². The minimum Gasteiger partial charge on any atom is -0.497 e. The first-order valence-corrected chi connectivity index (χ1v) is 12.7. The predicted molar refractivity (Wildman–Crippen MR) is 138 cm³/mol. The lowest BCUT2D eigenvalue weighted by atomic mass is 10.0. The molecule has 1 aliphatic carbocycles. The van der Waals surface area contributed by atoms with Gasteiger partial charge >= 0.3 is 0 Å². The van der Waals surface area contributed by atoms with Crippen molar-refractivity contribution >= 4 is 34.6 Å². The number of methoxy groups -OCH3 is 1. The molecule has 6 nitrogen and oxygen atoms in total. The van der Waals surface area contributed by atoms with Gasteiger partial charge in [0.1, 0.15) is 11.8 Å². The maximum absolute atomic E-state index is 13.8. The molecule has 0 spiro atoms. The summed E-state index contributed by atoms with van der Waals surface area (Å²) in [5.74, 6) is 0.215. The summed E-state index contributed by atoms with van der Waals surface area (Å²) in [7, 11) is 1.59. The van der Waals surface area contributed by atoms with Crippen LogP contribution in [0.3, 0.4) is 0 Å². The van der Waals surface area contributed by atoms with E-state index in [2.05, 4.69) is 5.32 Å². The molecule has 182 valence electrons. The van der Waals surface area contributed by atoms with E-state index >= 15 is 0 Å². The molecule has 0 saturated heterocycles. The van der Waals surface area contributed by atoms with Crippen molar-refractivity contribution in [2.75, 3.05) is 12.0 Å². The van der Waals surface area contributed by atoms with E-state index in [1.165, 1.54) is 18.3 Å². The Kier molecular flexibility index (Phi) is 7.98. The molecule has 1 fully saturated rings. The highest BCUT2D eigenvalue weighted by atomic mass is 32.1. The zero-order valence-corrected chi connectivity index (χ0v) is 20.8. The minimum atomic E-state index is -0.864. The maximum Gasteiger partial charge on any atom is 0.248 e. The molecule has 1 N–H and O–H groups in total. The highest BCUT2D eigenvalue weighted by Crippen LogP contribution is 2.31. The van der Waals surface area contributed by atoms with Crippen LogP contribution in [0, 0.1) is 0 Å². The fourth-order valence-electron chi connectivity index (χ4n) is 4.50. The quantitative estimate of drug-likeness (QED) is 0.411. The molecule has 1 saturated carbocycles. The number of nitrogens with zero attached hydrogens (tertiary/aromatic N) is 1. The van der Waals surface area contributed by atoms with Gasteiger partial charge in [0, 0.05) is 22.2 Å². The van der Waals surface area contributed by atoms with Crippen molar-refractivity contribution in [2.45, 2.75) is 51.1 Å². The molecule has 1 aliphatic rings. The van der Waals surface area contributed by atoms with Crippen LogP contribution in [0.1, 0.15) is 59.4 Å². The topological polar surface area (TPSA) is 75.7 Å². The van der Waals surface area contributed by atoms with E-state index in [1.807, 2.05) is 29.6 Å². The van der Waals surface area contributed by atoms with E-state index in [4.69, 9.17) is 4.74 Å². The van der Waals surface area contributed by atoms with Crippen molar-refractivity contribution in [3.63, 3.8) is 0 Å². The number of anilines is 1. The summed E-state index contributed by atoms with van der Waals surface area (Å²) in [6.45, 7) is 1.50. The Balaban J connectivity index is 1.76. The second-order valence-corrected chi connectivity index (χ2v) is 9.82. The Hall–Kier alpha value is -3.45. The molecular formula is C28H30N2O4S. The van der Waals surface area contributed by atoms with Crippen molar-refractivity contribution < 1.29 is 19.1 Å². The highest BCUT2D eigenvalue weighted by Gasteiger charge is 2.34. The van der Waals surface area contributed by atoms with Gasteiger partial charge < -0.3 is 10.1 Å². The molecular weight excluding hydrogens is 460 g/mol. The molecule has 2 aromatic carbocycles. The Labute approximate surface area is 209 Å². The Bertz CT molecular complexity index is 1150. The second kappa shape index (κ2) is 11.3. The fraction of sp³-hybridized carbons (Fsp3) is 0.321. The van der Waals surface area contributed by atoms with Crippen LogP contribution in [-0.2, 0) is 16.0 Å². The maximum atomic E-state index is 13.8. The van der Waals surface area contributed by atoms with Gasteiger partial charge in [0.2, 0.25) is 11.8 Å². The Morgan fingerprint density at radius 2 is 1.71 bits per heavy atom. The van der Waals surface area contributed by atoms with Gasteiger partial charge in [-0.05, 0) is 73.2 Å². The van der Waals surface area contributed by atoms with E-state index in [9.17, 15) is 14.4 Å². The fourth-order valence-corrected chi connectivity index (χ4v) is 5.19. The molecule has 0 radical (unpaired) electrons. The molecule has 0 aliphatic heterocycles. The molecule has 7 heteroatoms. The lowest BCUT2D eigenvalue weighted by Gasteiger charge is -2.32. The van der Waals surface area contributed by atoms with Crippen LogP contribution in [0.25, 0.3) is 0 Å². The van der Waals surface area contributed by atoms with Crippen LogP contribution < -0.4 is 15.0 Å². The molecule has 0 unspecified atom stereocenters. The van der Waals surface area contributed by atoms with Gasteiger partial charge in [-0.15, -0.1) is 11.3 Å². The van der Waals surface area contributed by atoms with Crippen LogP contribution in [0.4, 0.5) is 5.69 Å². The lowest BCUT2D eigenvalue weighted by molar-refractivity contribution is -0.127. The number of carbonyl (C=O) groups is 3. The highest BCUT2D eigenvalue weighted by molar-refractivity contribution is 7.10. The number of hydrogen-bond acceptors (Lipinski definition) is 5. The third-order valence-corrected chi connectivity index (χ3v) is 7.24. The summed E-state index contributed by atoms with van der Waals surface area (Å²) in [4.78, 5) is 41.9. The van der Waals surface area contributed by atoms with E-state index in [0.29, 0.717) is 22.6 Å². The smallest absolute Gasteiger partial charge is 0.248 e. The number of ether oxygens (including phenoxy) is 1. The molecule has 1 atom stereocenters. The van der Waals surface area contributed by atoms with Gasteiger partial charge in [-0.25, -0.2) is 0 Å². The first-order chi connectivity index (χ1) is 17.0. The Morgan fingerprint density at radius 3 is 2.29 bits per heavy atom. The molecule has 4 rings (SSSR count). The largest absolute Gasteiger partial charge is 0.497 e. The van der Waals surface area contributed by atoms with Crippen molar-refractivity contribution in [1.29, 1.82) is 0 Å². The number of Topliss-reactive ketones (excluding diaryl/α,β-unsaturated/α-hetero) is 1. The monoisotopic (exact) mass is 490 g/mol. The van der Waals surface area contributed by atoms with Crippen molar-refractivity contribution in [3.8, 4) is 5.75 Å². The molecule has 0 bridgehead atoms. The summed E-state index contributed by atoms with van der Waals surface area (Å²) in [5, 5.41) is 5.12. The molecule has 1 heterocycles. The predicted octanol–water partition coefficient (Wildman–Crippen LogP) is 5.34. The summed E-state index contributed by atoms with van der Waals surface area (Å²) < 4.78 is 5.30. The summed E-state index contributed by atoms with van der Waals surface area (Å²) in [6, 6.07) is 17.2. The van der Waals surface area contributed by atoms with E-state index in [1.54, 1.807) is 48.4 Å². The molecule has 3 aromatic rings. The van der Waals surface area contributed by atoms with Crippen molar-refractivity contribution in [1.82, 2.24) is 5.32 Å². The van der Waals surface area contributed by atoms with E-state index < -0.39 is 6.04 Å². The van der Waals surface area contributed by atoms with Crippen molar-refractivity contribution in [2.24, 2.45) is 0 Å². The number of ketones is 1. The van der Waals surface area contributed by atoms with E-state index in [-0.39, 0.29) is 30.1 Å². The summed E-state index contributed by atoms with van der Waals surface area (Å²) >= 11 is 1.51. The van der Waals surface area contributed by atoms with Crippen molar-refractivity contribution in [3.05, 3.63) is 82.0 Å². The van der Waals surface area contributed by atoms with E-state index in [0.717, 1.165) is 30.6 Å². The zero-order chi connectivity index (χ0) is 24.8. The van der Waals surface area contributed by atoms with Gasteiger partial charge in [-0.1, -0.05) is 31.0 Å². The number of rotatable bonds is 9. The number of carbonyl (C=O) groups excluding carboxylic acids is 3. The lowest BCUT2D eigenvalue weighted by Crippen LogP contribution is -2.46. The van der Waals surface area contributed by atoms with Gasteiger partial charge in [0.25, 0.3) is 0 Å². The molecule has 1 aromatic heterocycles. The second-order valence-electron chi connectivity index (χ2n) is 8.79. The Morgan fingerprint density at radius 1 is 1.03 bits per heavy atom. The number of hydrogen-bond donors (Lipinski definition) is 1. The SMILES string of the molecule is COc1ccc([C@@H](C(=O)NC2CCCC2)N(C(=O)Cc2cccs2)c2ccc(C(C)=O)cc2)cc1. The third-order valence-electron chi connectivity index (χ3n) is 6.37. The molecule has 2 amide bonds. The first kappa shape index (κ1) is 24.7. The zero-order valence-electron chi connectivity index (χ0n) is 20.0. The number of nitrogens with one attached hydrogen (secondary N) is 1. The first-order valence-electron chi connectivity index (χ1n) is 11.9. The van der Waals surface area contributed by atoms with Gasteiger partial charge in [0.15, 0.2) is 5.78 Å². The number of thiophene rings is 1. The van der Waals surface area contributed by atoms with Gasteiger partial charge in [-0.3, -0.25) is 19.3 Å². The van der Waals surface area contributed by atoms with Gasteiger partial charge in [-0.2, -0.15) is 0 Å². The van der Waals surface area contributed by atoms with Gasteiger partial charge in [0.05, 0.1) is 13.5 Å². The van der Waals surface area contributed by atoms with Crippen LogP contribution in [-0.4, -0.2) is 30.7 Å². The van der Waals surface area contributed by atoms with Crippen LogP contribution in [0.2, 0.25) is 0 Å². The molecule has 35 heavy (non-hydrogen) atoms. The van der Waals surface area contributed by atoms with Crippen LogP contribution >= 0.6 is 11.3 Å². The number of amides is 2.